The van der Waals surface area contributed by atoms with Crippen LogP contribution >= 0.6 is 0 Å². The SMILES string of the molecule is Cc1cc(C)c(N2COc3c(cc4c(oc(=O)c5ccccc54)c3C)C2)c(C)c1. The second-order valence-corrected chi connectivity index (χ2v) is 8.02. The van der Waals surface area contributed by atoms with Crippen LogP contribution in [0.15, 0.2) is 51.7 Å². The molecule has 4 aromatic rings. The van der Waals surface area contributed by atoms with Gasteiger partial charge >= 0.3 is 5.63 Å². The maximum atomic E-state index is 12.4. The van der Waals surface area contributed by atoms with Crippen molar-refractivity contribution < 1.29 is 9.15 Å². The van der Waals surface area contributed by atoms with Crippen LogP contribution in [-0.2, 0) is 6.54 Å². The van der Waals surface area contributed by atoms with Crippen LogP contribution in [0.2, 0.25) is 0 Å². The van der Waals surface area contributed by atoms with Crippen LogP contribution in [0, 0.1) is 27.7 Å². The molecular formula is C25H23NO3. The average Bonchev–Trinajstić information content (AvgIpc) is 2.68. The number of anilines is 1. The molecule has 146 valence electrons. The smallest absolute Gasteiger partial charge is 0.344 e. The minimum atomic E-state index is -0.306. The molecule has 0 spiro atoms. The van der Waals surface area contributed by atoms with E-state index in [1.165, 1.54) is 22.4 Å². The highest BCUT2D eigenvalue weighted by atomic mass is 16.5. The van der Waals surface area contributed by atoms with E-state index in [0.717, 1.165) is 34.2 Å². The van der Waals surface area contributed by atoms with Crippen molar-refractivity contribution in [2.75, 3.05) is 11.6 Å². The number of fused-ring (bicyclic) bond motifs is 4. The van der Waals surface area contributed by atoms with Crippen molar-refractivity contribution in [3.63, 3.8) is 0 Å². The topological polar surface area (TPSA) is 42.7 Å². The Morgan fingerprint density at radius 2 is 1.59 bits per heavy atom. The Kier molecular flexibility index (Phi) is 3.91. The number of benzene rings is 3. The third-order valence-electron chi connectivity index (χ3n) is 5.85. The molecular weight excluding hydrogens is 362 g/mol. The largest absolute Gasteiger partial charge is 0.472 e. The van der Waals surface area contributed by atoms with Crippen molar-refractivity contribution in [3.05, 3.63) is 80.7 Å². The van der Waals surface area contributed by atoms with Crippen molar-refractivity contribution in [1.82, 2.24) is 0 Å². The van der Waals surface area contributed by atoms with Gasteiger partial charge in [0.2, 0.25) is 0 Å². The lowest BCUT2D eigenvalue weighted by atomic mass is 9.99. The average molecular weight is 385 g/mol. The predicted octanol–water partition coefficient (Wildman–Crippen LogP) is 5.54. The summed E-state index contributed by atoms with van der Waals surface area (Å²) in [5.74, 6) is 0.828. The first-order valence-electron chi connectivity index (χ1n) is 9.87. The van der Waals surface area contributed by atoms with Gasteiger partial charge in [-0.2, -0.15) is 0 Å². The molecule has 1 aromatic heterocycles. The molecule has 3 aromatic carbocycles. The van der Waals surface area contributed by atoms with E-state index in [1.807, 2.05) is 31.2 Å². The highest BCUT2D eigenvalue weighted by molar-refractivity contribution is 6.06. The van der Waals surface area contributed by atoms with Crippen LogP contribution < -0.4 is 15.3 Å². The van der Waals surface area contributed by atoms with Crippen LogP contribution in [0.5, 0.6) is 5.75 Å². The first kappa shape index (κ1) is 17.8. The lowest BCUT2D eigenvalue weighted by Gasteiger charge is -2.34. The Hall–Kier alpha value is -3.27. The zero-order chi connectivity index (χ0) is 20.3. The molecule has 0 saturated heterocycles. The van der Waals surface area contributed by atoms with Crippen molar-refractivity contribution in [3.8, 4) is 5.75 Å². The molecule has 0 bridgehead atoms. The number of rotatable bonds is 1. The van der Waals surface area contributed by atoms with Gasteiger partial charge in [0.1, 0.15) is 11.3 Å². The van der Waals surface area contributed by atoms with E-state index in [9.17, 15) is 4.79 Å². The van der Waals surface area contributed by atoms with E-state index >= 15 is 0 Å². The third-order valence-corrected chi connectivity index (χ3v) is 5.85. The predicted molar refractivity (Wildman–Crippen MR) is 117 cm³/mol. The standard InChI is InChI=1S/C25H23NO3/c1-14-9-15(2)22(16(3)10-14)26-12-18-11-21-19-7-5-6-8-20(19)25(27)29-24(21)17(4)23(18)28-13-26/h5-11H,12-13H2,1-4H3. The Morgan fingerprint density at radius 3 is 2.31 bits per heavy atom. The quantitative estimate of drug-likeness (QED) is 0.319. The summed E-state index contributed by atoms with van der Waals surface area (Å²) >= 11 is 0. The molecule has 0 fully saturated rings. The van der Waals surface area contributed by atoms with Crippen molar-refractivity contribution in [2.45, 2.75) is 34.2 Å². The van der Waals surface area contributed by atoms with Gasteiger partial charge in [-0.15, -0.1) is 0 Å². The summed E-state index contributed by atoms with van der Waals surface area (Å²) < 4.78 is 11.9. The first-order chi connectivity index (χ1) is 13.9. The molecule has 5 rings (SSSR count). The fourth-order valence-electron chi connectivity index (χ4n) is 4.75. The highest BCUT2D eigenvalue weighted by Crippen LogP contribution is 2.39. The van der Waals surface area contributed by atoms with Crippen molar-refractivity contribution >= 4 is 27.4 Å². The molecule has 4 nitrogen and oxygen atoms in total. The van der Waals surface area contributed by atoms with E-state index in [-0.39, 0.29) is 5.63 Å². The van der Waals surface area contributed by atoms with Crippen LogP contribution in [0.25, 0.3) is 21.7 Å². The van der Waals surface area contributed by atoms with E-state index < -0.39 is 0 Å². The molecule has 1 aliphatic heterocycles. The molecule has 0 amide bonds. The number of ether oxygens (including phenoxy) is 1. The van der Waals surface area contributed by atoms with Gasteiger partial charge in [-0.05, 0) is 56.3 Å². The minimum absolute atomic E-state index is 0.306. The monoisotopic (exact) mass is 385 g/mol. The number of hydrogen-bond acceptors (Lipinski definition) is 4. The maximum Gasteiger partial charge on any atom is 0.344 e. The molecule has 0 saturated carbocycles. The van der Waals surface area contributed by atoms with Crippen LogP contribution in [0.4, 0.5) is 5.69 Å². The van der Waals surface area contributed by atoms with Gasteiger partial charge in [0, 0.05) is 28.7 Å². The van der Waals surface area contributed by atoms with Crippen molar-refractivity contribution in [1.29, 1.82) is 0 Å². The lowest BCUT2D eigenvalue weighted by molar-refractivity contribution is 0.287. The molecule has 0 radical (unpaired) electrons. The summed E-state index contributed by atoms with van der Waals surface area (Å²) in [4.78, 5) is 14.7. The molecule has 0 atom stereocenters. The lowest BCUT2D eigenvalue weighted by Crippen LogP contribution is -2.33. The van der Waals surface area contributed by atoms with Gasteiger partial charge in [-0.3, -0.25) is 0 Å². The summed E-state index contributed by atoms with van der Waals surface area (Å²) in [6.07, 6.45) is 0. The second-order valence-electron chi connectivity index (χ2n) is 8.02. The molecule has 0 N–H and O–H groups in total. The Bertz CT molecular complexity index is 1330. The number of nitrogens with zero attached hydrogens (tertiary/aromatic N) is 1. The van der Waals surface area contributed by atoms with Gasteiger partial charge in [-0.1, -0.05) is 35.9 Å². The molecule has 0 unspecified atom stereocenters. The van der Waals surface area contributed by atoms with Crippen LogP contribution in [-0.4, -0.2) is 6.73 Å². The molecule has 1 aliphatic rings. The summed E-state index contributed by atoms with van der Waals surface area (Å²) in [7, 11) is 0. The summed E-state index contributed by atoms with van der Waals surface area (Å²) in [5, 5.41) is 2.49. The molecule has 29 heavy (non-hydrogen) atoms. The van der Waals surface area contributed by atoms with Gasteiger partial charge in [0.15, 0.2) is 6.73 Å². The molecule has 4 heteroatoms. The van der Waals surface area contributed by atoms with Gasteiger partial charge in [-0.25, -0.2) is 4.79 Å². The van der Waals surface area contributed by atoms with Gasteiger partial charge in [0.25, 0.3) is 0 Å². The van der Waals surface area contributed by atoms with E-state index in [1.54, 1.807) is 0 Å². The Balaban J connectivity index is 1.70. The molecule has 2 heterocycles. The zero-order valence-electron chi connectivity index (χ0n) is 17.1. The zero-order valence-corrected chi connectivity index (χ0v) is 17.1. The van der Waals surface area contributed by atoms with E-state index in [0.29, 0.717) is 17.7 Å². The normalized spacial score (nSPS) is 13.6. The first-order valence-corrected chi connectivity index (χ1v) is 9.87. The summed E-state index contributed by atoms with van der Waals surface area (Å²) in [6, 6.07) is 14.2. The molecule has 0 aliphatic carbocycles. The maximum absolute atomic E-state index is 12.4. The van der Waals surface area contributed by atoms with Gasteiger partial charge < -0.3 is 14.1 Å². The summed E-state index contributed by atoms with van der Waals surface area (Å²) in [5.41, 5.74) is 7.31. The van der Waals surface area contributed by atoms with E-state index in [4.69, 9.17) is 9.15 Å². The Morgan fingerprint density at radius 1 is 0.897 bits per heavy atom. The fourth-order valence-corrected chi connectivity index (χ4v) is 4.75. The van der Waals surface area contributed by atoms with Gasteiger partial charge in [0.05, 0.1) is 5.39 Å². The second kappa shape index (κ2) is 6.38. The van der Waals surface area contributed by atoms with Crippen molar-refractivity contribution in [2.24, 2.45) is 0 Å². The Labute approximate surface area is 169 Å². The van der Waals surface area contributed by atoms with Crippen LogP contribution in [0.3, 0.4) is 0 Å². The van der Waals surface area contributed by atoms with E-state index in [2.05, 4.69) is 43.9 Å². The minimum Gasteiger partial charge on any atom is -0.472 e. The fraction of sp³-hybridized carbons (Fsp3) is 0.240. The number of aryl methyl sites for hydroxylation is 4. The van der Waals surface area contributed by atoms with Crippen LogP contribution in [0.1, 0.15) is 27.8 Å². The third kappa shape index (κ3) is 2.70. The highest BCUT2D eigenvalue weighted by Gasteiger charge is 2.25. The summed E-state index contributed by atoms with van der Waals surface area (Å²) in [6.45, 7) is 9.63. The number of hydrogen-bond donors (Lipinski definition) is 0.